The summed E-state index contributed by atoms with van der Waals surface area (Å²) in [7, 11) is 0. The number of carbonyl (C=O) groups is 1. The Bertz CT molecular complexity index is 511. The van der Waals surface area contributed by atoms with E-state index in [0.717, 1.165) is 18.5 Å². The maximum Gasteiger partial charge on any atom is 0.326 e. The van der Waals surface area contributed by atoms with Gasteiger partial charge in [-0.15, -0.1) is 0 Å². The highest BCUT2D eigenvalue weighted by Gasteiger charge is 2.36. The lowest BCUT2D eigenvalue weighted by Crippen LogP contribution is -2.31. The number of rotatable bonds is 5. The van der Waals surface area contributed by atoms with Crippen LogP contribution in [0.3, 0.4) is 0 Å². The van der Waals surface area contributed by atoms with E-state index in [1.807, 2.05) is 16.9 Å². The number of hydrogen-bond acceptors (Lipinski definition) is 4. The maximum atomic E-state index is 11.9. The molecule has 0 spiro atoms. The van der Waals surface area contributed by atoms with E-state index >= 15 is 0 Å². The zero-order valence-corrected chi connectivity index (χ0v) is 12.1. The second-order valence-corrected chi connectivity index (χ2v) is 5.57. The first-order valence-electron chi connectivity index (χ1n) is 7.21. The number of hydrogen-bond donors (Lipinski definition) is 0. The number of carbonyl (C=O) groups excluding carboxylic acids is 1. The highest BCUT2D eigenvalue weighted by atomic mass is 16.5. The fourth-order valence-corrected chi connectivity index (χ4v) is 2.65. The molecule has 5 heteroatoms. The SMILES string of the molecule is CCOC(=O)C(C)(C#N)Cc1ccn(C2CCCC2)n1. The van der Waals surface area contributed by atoms with Gasteiger partial charge in [0.25, 0.3) is 0 Å². The molecule has 0 aromatic carbocycles. The molecule has 1 saturated carbocycles. The minimum absolute atomic E-state index is 0.284. The Balaban J connectivity index is 2.08. The van der Waals surface area contributed by atoms with Gasteiger partial charge in [0.2, 0.25) is 0 Å². The van der Waals surface area contributed by atoms with Crippen LogP contribution in [0.2, 0.25) is 0 Å². The van der Waals surface area contributed by atoms with E-state index in [1.165, 1.54) is 12.8 Å². The van der Waals surface area contributed by atoms with Crippen molar-refractivity contribution in [1.29, 1.82) is 5.26 Å². The Morgan fingerprint density at radius 3 is 2.90 bits per heavy atom. The second-order valence-electron chi connectivity index (χ2n) is 5.57. The first-order chi connectivity index (χ1) is 9.59. The van der Waals surface area contributed by atoms with Crippen molar-refractivity contribution in [2.24, 2.45) is 5.41 Å². The minimum atomic E-state index is -1.16. The Morgan fingerprint density at radius 2 is 2.30 bits per heavy atom. The fraction of sp³-hybridized carbons (Fsp3) is 0.667. The lowest BCUT2D eigenvalue weighted by Gasteiger charge is -2.18. The van der Waals surface area contributed by atoms with Crippen LogP contribution in [0.15, 0.2) is 12.3 Å². The molecular formula is C15H21N3O2. The number of esters is 1. The summed E-state index contributed by atoms with van der Waals surface area (Å²) in [6.45, 7) is 3.64. The van der Waals surface area contributed by atoms with Crippen LogP contribution in [0, 0.1) is 16.7 Å². The van der Waals surface area contributed by atoms with Crippen molar-refractivity contribution >= 4 is 5.97 Å². The van der Waals surface area contributed by atoms with Crippen molar-refractivity contribution < 1.29 is 9.53 Å². The molecule has 1 unspecified atom stereocenters. The minimum Gasteiger partial charge on any atom is -0.465 e. The summed E-state index contributed by atoms with van der Waals surface area (Å²) < 4.78 is 6.96. The molecule has 5 nitrogen and oxygen atoms in total. The third-order valence-corrected chi connectivity index (χ3v) is 3.87. The Labute approximate surface area is 119 Å². The fourth-order valence-electron chi connectivity index (χ4n) is 2.65. The number of aromatic nitrogens is 2. The molecule has 1 atom stereocenters. The number of nitrogens with zero attached hydrogens (tertiary/aromatic N) is 3. The van der Waals surface area contributed by atoms with E-state index in [4.69, 9.17) is 4.74 Å². The van der Waals surface area contributed by atoms with Crippen molar-refractivity contribution in [3.63, 3.8) is 0 Å². The quantitative estimate of drug-likeness (QED) is 0.775. The zero-order valence-electron chi connectivity index (χ0n) is 12.1. The molecule has 1 heterocycles. The van der Waals surface area contributed by atoms with Gasteiger partial charge in [-0.1, -0.05) is 12.8 Å². The van der Waals surface area contributed by atoms with Crippen LogP contribution in [-0.2, 0) is 16.0 Å². The molecule has 0 bridgehead atoms. The zero-order chi connectivity index (χ0) is 14.6. The van der Waals surface area contributed by atoms with Crippen molar-refractivity contribution in [2.45, 2.75) is 52.0 Å². The topological polar surface area (TPSA) is 67.9 Å². The van der Waals surface area contributed by atoms with E-state index in [-0.39, 0.29) is 6.61 Å². The summed E-state index contributed by atoms with van der Waals surface area (Å²) in [6, 6.07) is 4.43. The van der Waals surface area contributed by atoms with E-state index in [9.17, 15) is 10.1 Å². The van der Waals surface area contributed by atoms with Crippen LogP contribution in [0.5, 0.6) is 0 Å². The van der Waals surface area contributed by atoms with Crippen molar-refractivity contribution in [1.82, 2.24) is 9.78 Å². The van der Waals surface area contributed by atoms with E-state index in [1.54, 1.807) is 13.8 Å². The smallest absolute Gasteiger partial charge is 0.326 e. The van der Waals surface area contributed by atoms with Gasteiger partial charge in [0.05, 0.1) is 24.4 Å². The standard InChI is InChI=1S/C15H21N3O2/c1-3-20-14(19)15(2,11-16)10-12-8-9-18(17-12)13-6-4-5-7-13/h8-9,13H,3-7,10H2,1-2H3. The highest BCUT2D eigenvalue weighted by Crippen LogP contribution is 2.29. The van der Waals surface area contributed by atoms with Crippen molar-refractivity contribution in [3.05, 3.63) is 18.0 Å². The first-order valence-corrected chi connectivity index (χ1v) is 7.21. The molecule has 20 heavy (non-hydrogen) atoms. The van der Waals surface area contributed by atoms with Crippen molar-refractivity contribution in [2.75, 3.05) is 6.61 Å². The third-order valence-electron chi connectivity index (χ3n) is 3.87. The molecule has 0 amide bonds. The van der Waals surface area contributed by atoms with Gasteiger partial charge in [0.15, 0.2) is 5.41 Å². The van der Waals surface area contributed by atoms with Crippen LogP contribution in [-0.4, -0.2) is 22.4 Å². The summed E-state index contributed by atoms with van der Waals surface area (Å²) in [5.41, 5.74) is -0.390. The molecular weight excluding hydrogens is 254 g/mol. The summed E-state index contributed by atoms with van der Waals surface area (Å²) in [5, 5.41) is 13.8. The first kappa shape index (κ1) is 14.6. The largest absolute Gasteiger partial charge is 0.465 e. The summed E-state index contributed by atoms with van der Waals surface area (Å²) in [5.74, 6) is -0.474. The molecule has 1 aliphatic carbocycles. The lowest BCUT2D eigenvalue weighted by atomic mass is 9.87. The molecule has 0 saturated heterocycles. The number of ether oxygens (including phenoxy) is 1. The predicted molar refractivity (Wildman–Crippen MR) is 73.8 cm³/mol. The van der Waals surface area contributed by atoms with Gasteiger partial charge < -0.3 is 4.74 Å². The van der Waals surface area contributed by atoms with Gasteiger partial charge in [0.1, 0.15) is 0 Å². The van der Waals surface area contributed by atoms with Gasteiger partial charge in [-0.2, -0.15) is 10.4 Å². The van der Waals surface area contributed by atoms with Gasteiger partial charge in [-0.3, -0.25) is 9.48 Å². The number of nitriles is 1. The molecule has 1 aromatic heterocycles. The molecule has 0 N–H and O–H groups in total. The molecule has 0 radical (unpaired) electrons. The van der Waals surface area contributed by atoms with E-state index < -0.39 is 11.4 Å². The van der Waals surface area contributed by atoms with Crippen LogP contribution in [0.25, 0.3) is 0 Å². The second kappa shape index (κ2) is 6.08. The van der Waals surface area contributed by atoms with Gasteiger partial charge >= 0.3 is 5.97 Å². The van der Waals surface area contributed by atoms with Crippen LogP contribution in [0.1, 0.15) is 51.3 Å². The monoisotopic (exact) mass is 275 g/mol. The predicted octanol–water partition coefficient (Wildman–Crippen LogP) is 2.63. The van der Waals surface area contributed by atoms with E-state index in [2.05, 4.69) is 11.2 Å². The molecule has 2 rings (SSSR count). The Hall–Kier alpha value is -1.83. The van der Waals surface area contributed by atoms with Gasteiger partial charge in [0, 0.05) is 12.6 Å². The van der Waals surface area contributed by atoms with Gasteiger partial charge in [-0.25, -0.2) is 0 Å². The van der Waals surface area contributed by atoms with Crippen LogP contribution < -0.4 is 0 Å². The third kappa shape index (κ3) is 3.01. The summed E-state index contributed by atoms with van der Waals surface area (Å²) in [6.07, 6.45) is 7.07. The lowest BCUT2D eigenvalue weighted by molar-refractivity contribution is -0.151. The summed E-state index contributed by atoms with van der Waals surface area (Å²) >= 11 is 0. The van der Waals surface area contributed by atoms with Gasteiger partial charge in [-0.05, 0) is 32.8 Å². The van der Waals surface area contributed by atoms with Crippen LogP contribution >= 0.6 is 0 Å². The molecule has 108 valence electrons. The molecule has 0 aliphatic heterocycles. The van der Waals surface area contributed by atoms with Crippen molar-refractivity contribution in [3.8, 4) is 6.07 Å². The molecule has 1 aromatic rings. The average Bonchev–Trinajstić information content (AvgIpc) is 3.09. The maximum absolute atomic E-state index is 11.9. The van der Waals surface area contributed by atoms with Crippen LogP contribution in [0.4, 0.5) is 0 Å². The summed E-state index contributed by atoms with van der Waals surface area (Å²) in [4.78, 5) is 11.9. The molecule has 1 fully saturated rings. The highest BCUT2D eigenvalue weighted by molar-refractivity contribution is 5.79. The molecule has 1 aliphatic rings. The van der Waals surface area contributed by atoms with E-state index in [0.29, 0.717) is 12.5 Å². The Morgan fingerprint density at radius 1 is 1.60 bits per heavy atom. The average molecular weight is 275 g/mol. The Kier molecular flexibility index (Phi) is 4.43. The normalized spacial score (nSPS) is 18.4.